The molecule has 0 atom stereocenters. The maximum Gasteiger partial charge on any atom is 0.275 e. The standard InChI is InChI=1S/C19H18N2O/c1-13-8-9-17-16(12-13)15-10-11-21(14-6-4-3-5-7-14)19(22)18(15)20(17)2/h3-9,12H,10-11H2,1-2H3. The van der Waals surface area contributed by atoms with Crippen LogP contribution in [0.5, 0.6) is 0 Å². The molecule has 0 bridgehead atoms. The molecule has 0 saturated carbocycles. The molecule has 2 heterocycles. The fraction of sp³-hybridized carbons (Fsp3) is 0.211. The van der Waals surface area contributed by atoms with Crippen molar-refractivity contribution in [3.05, 3.63) is 65.4 Å². The van der Waals surface area contributed by atoms with Gasteiger partial charge in [0.25, 0.3) is 5.91 Å². The van der Waals surface area contributed by atoms with Crippen LogP contribution in [-0.2, 0) is 13.5 Å². The normalized spacial score (nSPS) is 14.5. The van der Waals surface area contributed by atoms with E-state index in [1.165, 1.54) is 16.5 Å². The molecule has 2 aromatic carbocycles. The van der Waals surface area contributed by atoms with Crippen molar-refractivity contribution in [1.82, 2.24) is 4.57 Å². The summed E-state index contributed by atoms with van der Waals surface area (Å²) < 4.78 is 2.04. The molecule has 0 aliphatic carbocycles. The van der Waals surface area contributed by atoms with Gasteiger partial charge in [0.2, 0.25) is 0 Å². The van der Waals surface area contributed by atoms with Crippen LogP contribution in [0.1, 0.15) is 21.6 Å². The minimum absolute atomic E-state index is 0.101. The van der Waals surface area contributed by atoms with Gasteiger partial charge in [0.1, 0.15) is 5.69 Å². The van der Waals surface area contributed by atoms with Crippen LogP contribution in [0.4, 0.5) is 5.69 Å². The number of fused-ring (bicyclic) bond motifs is 3. The summed E-state index contributed by atoms with van der Waals surface area (Å²) in [6, 6.07) is 16.3. The summed E-state index contributed by atoms with van der Waals surface area (Å²) in [6.45, 7) is 2.84. The Labute approximate surface area is 129 Å². The molecular formula is C19H18N2O. The van der Waals surface area contributed by atoms with Crippen molar-refractivity contribution >= 4 is 22.5 Å². The number of benzene rings is 2. The molecule has 0 fully saturated rings. The fourth-order valence-corrected chi connectivity index (χ4v) is 3.47. The lowest BCUT2D eigenvalue weighted by Gasteiger charge is -2.27. The fourth-order valence-electron chi connectivity index (χ4n) is 3.47. The third kappa shape index (κ3) is 1.78. The molecule has 4 rings (SSSR count). The first kappa shape index (κ1) is 13.1. The van der Waals surface area contributed by atoms with Crippen molar-refractivity contribution in [2.45, 2.75) is 13.3 Å². The summed E-state index contributed by atoms with van der Waals surface area (Å²) in [5.41, 5.74) is 5.37. The zero-order chi connectivity index (χ0) is 15.3. The highest BCUT2D eigenvalue weighted by Gasteiger charge is 2.30. The first-order chi connectivity index (χ1) is 10.7. The lowest BCUT2D eigenvalue weighted by Crippen LogP contribution is -2.38. The van der Waals surface area contributed by atoms with Crippen LogP contribution in [-0.4, -0.2) is 17.0 Å². The Kier molecular flexibility index (Phi) is 2.83. The van der Waals surface area contributed by atoms with Gasteiger partial charge in [-0.05, 0) is 43.2 Å². The van der Waals surface area contributed by atoms with E-state index in [0.29, 0.717) is 0 Å². The zero-order valence-corrected chi connectivity index (χ0v) is 12.8. The Morgan fingerprint density at radius 3 is 2.59 bits per heavy atom. The van der Waals surface area contributed by atoms with Crippen molar-refractivity contribution in [2.24, 2.45) is 7.05 Å². The van der Waals surface area contributed by atoms with Crippen LogP contribution < -0.4 is 4.90 Å². The third-order valence-electron chi connectivity index (χ3n) is 4.56. The number of aromatic nitrogens is 1. The van der Waals surface area contributed by atoms with Crippen LogP contribution in [0.2, 0.25) is 0 Å². The van der Waals surface area contributed by atoms with Gasteiger partial charge in [0, 0.05) is 30.2 Å². The lowest BCUT2D eigenvalue weighted by molar-refractivity contribution is 0.0973. The van der Waals surface area contributed by atoms with Crippen LogP contribution in [0.15, 0.2) is 48.5 Å². The minimum Gasteiger partial charge on any atom is -0.339 e. The molecule has 0 unspecified atom stereocenters. The van der Waals surface area contributed by atoms with Gasteiger partial charge in [0.05, 0.1) is 0 Å². The Morgan fingerprint density at radius 1 is 1.05 bits per heavy atom. The molecule has 3 nitrogen and oxygen atoms in total. The molecule has 3 aromatic rings. The lowest BCUT2D eigenvalue weighted by atomic mass is 10.0. The zero-order valence-electron chi connectivity index (χ0n) is 12.8. The monoisotopic (exact) mass is 290 g/mol. The average Bonchev–Trinajstić information content (AvgIpc) is 2.82. The van der Waals surface area contributed by atoms with E-state index in [4.69, 9.17) is 0 Å². The maximum atomic E-state index is 13.0. The molecule has 22 heavy (non-hydrogen) atoms. The van der Waals surface area contributed by atoms with Gasteiger partial charge in [-0.2, -0.15) is 0 Å². The van der Waals surface area contributed by atoms with Gasteiger partial charge in [-0.1, -0.05) is 29.8 Å². The van der Waals surface area contributed by atoms with E-state index >= 15 is 0 Å². The van der Waals surface area contributed by atoms with Crippen LogP contribution in [0.3, 0.4) is 0 Å². The number of hydrogen-bond donors (Lipinski definition) is 0. The molecule has 0 N–H and O–H groups in total. The van der Waals surface area contributed by atoms with E-state index < -0.39 is 0 Å². The summed E-state index contributed by atoms with van der Waals surface area (Å²) >= 11 is 0. The number of aryl methyl sites for hydroxylation is 2. The first-order valence-electron chi connectivity index (χ1n) is 7.61. The second-order valence-corrected chi connectivity index (χ2v) is 5.95. The summed E-state index contributed by atoms with van der Waals surface area (Å²) in [5, 5.41) is 1.22. The number of amides is 1. The molecule has 110 valence electrons. The number of anilines is 1. The van der Waals surface area contributed by atoms with Crippen molar-refractivity contribution in [1.29, 1.82) is 0 Å². The summed E-state index contributed by atoms with van der Waals surface area (Å²) in [7, 11) is 1.99. The Morgan fingerprint density at radius 2 is 1.82 bits per heavy atom. The van der Waals surface area contributed by atoms with Crippen LogP contribution in [0, 0.1) is 6.92 Å². The molecule has 1 amide bonds. The van der Waals surface area contributed by atoms with Gasteiger partial charge >= 0.3 is 0 Å². The largest absolute Gasteiger partial charge is 0.339 e. The quantitative estimate of drug-likeness (QED) is 0.671. The van der Waals surface area contributed by atoms with E-state index in [1.807, 2.05) is 46.8 Å². The smallest absolute Gasteiger partial charge is 0.275 e. The second kappa shape index (κ2) is 4.73. The predicted octanol–water partition coefficient (Wildman–Crippen LogP) is 3.69. The topological polar surface area (TPSA) is 25.2 Å². The highest BCUT2D eigenvalue weighted by atomic mass is 16.2. The van der Waals surface area contributed by atoms with Crippen LogP contribution in [0.25, 0.3) is 10.9 Å². The third-order valence-corrected chi connectivity index (χ3v) is 4.56. The molecule has 1 aliphatic rings. The first-order valence-corrected chi connectivity index (χ1v) is 7.61. The molecule has 1 aliphatic heterocycles. The van der Waals surface area contributed by atoms with E-state index in [-0.39, 0.29) is 5.91 Å². The van der Waals surface area contributed by atoms with Crippen LogP contribution >= 0.6 is 0 Å². The van der Waals surface area contributed by atoms with E-state index in [9.17, 15) is 4.79 Å². The number of carbonyl (C=O) groups is 1. The van der Waals surface area contributed by atoms with Crippen molar-refractivity contribution in [3.8, 4) is 0 Å². The predicted molar refractivity (Wildman–Crippen MR) is 89.5 cm³/mol. The summed E-state index contributed by atoms with van der Waals surface area (Å²) in [6.07, 6.45) is 0.900. The molecule has 0 spiro atoms. The number of nitrogens with zero attached hydrogens (tertiary/aromatic N) is 2. The minimum atomic E-state index is 0.101. The summed E-state index contributed by atoms with van der Waals surface area (Å²) in [4.78, 5) is 14.9. The van der Waals surface area contributed by atoms with Gasteiger partial charge in [-0.25, -0.2) is 0 Å². The molecule has 1 aromatic heterocycles. The number of rotatable bonds is 1. The molecule has 0 saturated heterocycles. The van der Waals surface area contributed by atoms with Gasteiger partial charge in [0.15, 0.2) is 0 Å². The van der Waals surface area contributed by atoms with E-state index in [1.54, 1.807) is 0 Å². The molecule has 0 radical (unpaired) electrons. The van der Waals surface area contributed by atoms with Gasteiger partial charge in [-0.3, -0.25) is 4.79 Å². The van der Waals surface area contributed by atoms with Gasteiger partial charge < -0.3 is 9.47 Å². The van der Waals surface area contributed by atoms with Crippen molar-refractivity contribution in [3.63, 3.8) is 0 Å². The SMILES string of the molecule is Cc1ccc2c(c1)c1c(n2C)C(=O)N(c2ccccc2)CC1. The summed E-state index contributed by atoms with van der Waals surface area (Å²) in [5.74, 6) is 0.101. The number of carbonyl (C=O) groups excluding carboxylic acids is 1. The van der Waals surface area contributed by atoms with E-state index in [2.05, 4.69) is 25.1 Å². The Hall–Kier alpha value is -2.55. The second-order valence-electron chi connectivity index (χ2n) is 5.95. The Balaban J connectivity index is 1.89. The Bertz CT molecular complexity index is 877. The molecule has 3 heteroatoms. The highest BCUT2D eigenvalue weighted by molar-refractivity contribution is 6.11. The van der Waals surface area contributed by atoms with Crippen molar-refractivity contribution < 1.29 is 4.79 Å². The number of para-hydroxylation sites is 1. The average molecular weight is 290 g/mol. The molecular weight excluding hydrogens is 272 g/mol. The maximum absolute atomic E-state index is 13.0. The number of hydrogen-bond acceptors (Lipinski definition) is 1. The van der Waals surface area contributed by atoms with E-state index in [0.717, 1.165) is 29.9 Å². The van der Waals surface area contributed by atoms with Crippen molar-refractivity contribution in [2.75, 3.05) is 11.4 Å². The van der Waals surface area contributed by atoms with Gasteiger partial charge in [-0.15, -0.1) is 0 Å². The highest BCUT2D eigenvalue weighted by Crippen LogP contribution is 2.32.